The average molecular weight is 1270 g/mol. The Hall–Kier alpha value is -2.28. The van der Waals surface area contributed by atoms with Gasteiger partial charge in [0, 0.05) is 109 Å². The van der Waals surface area contributed by atoms with Crippen molar-refractivity contribution in [1.82, 2.24) is 29.8 Å². The van der Waals surface area contributed by atoms with Crippen molar-refractivity contribution in [2.24, 2.45) is 35.5 Å². The average Bonchev–Trinajstić information content (AvgIpc) is 1.05. The maximum atomic E-state index is 12.7. The Morgan fingerprint density at radius 1 is 0.308 bits per heavy atom. The van der Waals surface area contributed by atoms with Crippen molar-refractivity contribution in [3.63, 3.8) is 0 Å². The highest BCUT2D eigenvalue weighted by atomic mass is 16.5. The molecule has 0 aromatic rings. The van der Waals surface area contributed by atoms with Crippen molar-refractivity contribution in [2.75, 3.05) is 98.7 Å². The summed E-state index contributed by atoms with van der Waals surface area (Å²) in [5, 5.41) is 3.37. The summed E-state index contributed by atoms with van der Waals surface area (Å²) >= 11 is 0. The molecular formula is C75H126N6O10. The first kappa shape index (κ1) is 68.7. The lowest BCUT2D eigenvalue weighted by molar-refractivity contribution is -0.167. The Kier molecular flexibility index (Phi) is 26.6. The van der Waals surface area contributed by atoms with E-state index in [9.17, 15) is 19.2 Å². The second-order valence-corrected chi connectivity index (χ2v) is 31.9. The summed E-state index contributed by atoms with van der Waals surface area (Å²) in [4.78, 5) is 60.8. The molecule has 0 unspecified atom stereocenters. The van der Waals surface area contributed by atoms with E-state index in [-0.39, 0.29) is 17.7 Å². The molecule has 15 fully saturated rings. The van der Waals surface area contributed by atoms with Gasteiger partial charge in [-0.05, 0) is 228 Å². The summed E-state index contributed by atoms with van der Waals surface area (Å²) in [5.41, 5.74) is 0. The van der Waals surface area contributed by atoms with Crippen LogP contribution in [0.2, 0.25) is 0 Å². The summed E-state index contributed by atoms with van der Waals surface area (Å²) in [7, 11) is 0. The molecule has 0 aromatic heterocycles. The number of likely N-dealkylation sites (tertiary alicyclic amines) is 2. The number of nitrogens with one attached hydrogen (secondary N) is 1. The van der Waals surface area contributed by atoms with Gasteiger partial charge in [-0.15, -0.1) is 0 Å². The smallest absolute Gasteiger partial charge is 0.249 e. The molecule has 16 heteroatoms. The Bertz CT molecular complexity index is 2090. The van der Waals surface area contributed by atoms with Crippen LogP contribution in [0.4, 0.5) is 0 Å². The summed E-state index contributed by atoms with van der Waals surface area (Å²) in [6.07, 6.45) is 49.0. The molecule has 1 N–H and O–H groups in total. The van der Waals surface area contributed by atoms with E-state index in [2.05, 4.69) is 29.8 Å². The topological polar surface area (TPSA) is 152 Å². The first-order chi connectivity index (χ1) is 44.8. The molecule has 0 spiro atoms. The first-order valence-corrected chi connectivity index (χ1v) is 39.0. The molecule has 9 saturated carbocycles. The number of amides is 3. The lowest BCUT2D eigenvalue weighted by atomic mass is 9.84. The number of ketones is 1. The van der Waals surface area contributed by atoms with Gasteiger partial charge in [0.05, 0.1) is 36.4 Å². The van der Waals surface area contributed by atoms with Crippen molar-refractivity contribution in [3.8, 4) is 0 Å². The molecule has 0 bridgehead atoms. The van der Waals surface area contributed by atoms with Gasteiger partial charge >= 0.3 is 0 Å². The summed E-state index contributed by atoms with van der Waals surface area (Å²) in [6.45, 7) is 13.6. The van der Waals surface area contributed by atoms with Gasteiger partial charge in [0.2, 0.25) is 17.7 Å². The largest absolute Gasteiger partial charge is 0.381 e. The zero-order chi connectivity index (χ0) is 62.1. The molecule has 6 heterocycles. The van der Waals surface area contributed by atoms with Gasteiger partial charge in [0.15, 0.2) is 0 Å². The number of carbonyl (C=O) groups excluding carboxylic acids is 4. The summed E-state index contributed by atoms with van der Waals surface area (Å²) in [6, 6.07) is 3.94. The fourth-order valence-electron chi connectivity index (χ4n) is 19.4. The normalized spacial score (nSPS) is 35.0. The second kappa shape index (κ2) is 35.3. The third-order valence-corrected chi connectivity index (χ3v) is 25.8. The van der Waals surface area contributed by atoms with Crippen LogP contribution in [0.3, 0.4) is 0 Å². The van der Waals surface area contributed by atoms with Gasteiger partial charge in [-0.25, -0.2) is 0 Å². The van der Waals surface area contributed by atoms with E-state index < -0.39 is 0 Å². The van der Waals surface area contributed by atoms with E-state index in [1.165, 1.54) is 174 Å². The monoisotopic (exact) mass is 1270 g/mol. The highest BCUT2D eigenvalue weighted by Crippen LogP contribution is 2.39. The number of nitrogens with zero attached hydrogens (tertiary/aromatic N) is 5. The van der Waals surface area contributed by atoms with Crippen LogP contribution in [0.15, 0.2) is 0 Å². The molecular weight excluding hydrogens is 1140 g/mol. The third-order valence-electron chi connectivity index (χ3n) is 25.8. The van der Waals surface area contributed by atoms with Crippen LogP contribution >= 0.6 is 0 Å². The predicted octanol–water partition coefficient (Wildman–Crippen LogP) is 11.5. The maximum Gasteiger partial charge on any atom is 0.249 e. The number of hydrogen-bond acceptors (Lipinski definition) is 13. The predicted molar refractivity (Wildman–Crippen MR) is 355 cm³/mol. The molecule has 0 radical (unpaired) electrons. The summed E-state index contributed by atoms with van der Waals surface area (Å²) in [5.74, 6) is 5.97. The molecule has 16 nitrogen and oxygen atoms in total. The van der Waals surface area contributed by atoms with Gasteiger partial charge in [0.25, 0.3) is 0 Å². The summed E-state index contributed by atoms with van der Waals surface area (Å²) < 4.78 is 35.2. The Balaban J connectivity index is 0.000000123. The third kappa shape index (κ3) is 19.1. The number of Topliss-reactive ketones (excluding diaryl/α,β-unsaturated/α-hetero) is 1. The van der Waals surface area contributed by atoms with E-state index in [1.54, 1.807) is 0 Å². The zero-order valence-corrected chi connectivity index (χ0v) is 56.8. The van der Waals surface area contributed by atoms with Crippen molar-refractivity contribution in [3.05, 3.63) is 0 Å². The Morgan fingerprint density at radius 2 is 0.604 bits per heavy atom. The van der Waals surface area contributed by atoms with Crippen LogP contribution in [0.25, 0.3) is 0 Å². The van der Waals surface area contributed by atoms with E-state index in [1.807, 2.05) is 0 Å². The Morgan fingerprint density at radius 3 is 0.923 bits per heavy atom. The number of hydrogen-bond donors (Lipinski definition) is 1. The minimum Gasteiger partial charge on any atom is -0.381 e. The molecule has 6 saturated heterocycles. The molecule has 15 aliphatic rings. The standard InChI is InChI=1S/2C25H42N2O3.C13H22N2O2.C12H20O2/c2*28-25-18-30-24-7-2-1-6-23(24)27(25)22-12-14-26(15-13-22)21-10-8-20(9-11-21)17-29-16-19-4-3-5-19;16-13-9-17-12-4-2-1-3-11(12)15(13)10-5-7-14-8-6-10;13-12-6-4-11(5-7-12)9-14-8-10-2-1-3-10/h2*19-24H,1-18H2;10-12,14H,1-9H2;10-11H,1-9H2/t2*20?,21?,23-,24-;11-,12-;/m000./s1. The lowest BCUT2D eigenvalue weighted by Crippen LogP contribution is -2.61. The number of carbonyl (C=O) groups is 4. The lowest BCUT2D eigenvalue weighted by Gasteiger charge is -2.50. The van der Waals surface area contributed by atoms with Gasteiger partial charge in [-0.3, -0.25) is 19.2 Å². The van der Waals surface area contributed by atoms with Crippen molar-refractivity contribution in [1.29, 1.82) is 0 Å². The minimum atomic E-state index is 0.222. The number of morpholine rings is 3. The number of ether oxygens (including phenoxy) is 6. The molecule has 6 aliphatic heterocycles. The molecule has 3 amide bonds. The van der Waals surface area contributed by atoms with E-state index in [0.717, 1.165) is 197 Å². The molecule has 516 valence electrons. The van der Waals surface area contributed by atoms with Crippen molar-refractivity contribution in [2.45, 2.75) is 317 Å². The van der Waals surface area contributed by atoms with Crippen LogP contribution in [0.5, 0.6) is 0 Å². The van der Waals surface area contributed by atoms with E-state index >= 15 is 0 Å². The molecule has 9 aliphatic carbocycles. The van der Waals surface area contributed by atoms with Crippen LogP contribution in [0.1, 0.15) is 250 Å². The number of fused-ring (bicyclic) bond motifs is 3. The molecule has 15 rings (SSSR count). The van der Waals surface area contributed by atoms with Gasteiger partial charge in [-0.1, -0.05) is 57.8 Å². The molecule has 0 aromatic carbocycles. The maximum absolute atomic E-state index is 12.7. The fraction of sp³-hybridized carbons (Fsp3) is 0.947. The van der Waals surface area contributed by atoms with Gasteiger partial charge in [0.1, 0.15) is 25.6 Å². The van der Waals surface area contributed by atoms with Crippen LogP contribution in [0, 0.1) is 35.5 Å². The molecule has 91 heavy (non-hydrogen) atoms. The SMILES string of the molecule is O=C1CCC(COCC2CCC2)CC1.O=C1CO[C@H]2CCCC[C@@H]2N1C1CCN(C2CCC(COCC3CCC3)CC2)CC1.O=C1CO[C@H]2CCCC[C@@H]2N1C1CCN(C2CCC(COCC3CCC3)CC2)CC1.O=C1CO[C@H]2CCCC[C@@H]2N1C1CCNCC1. The zero-order valence-electron chi connectivity index (χ0n) is 56.8. The van der Waals surface area contributed by atoms with Crippen LogP contribution < -0.4 is 5.32 Å². The van der Waals surface area contributed by atoms with Gasteiger partial charge in [-0.2, -0.15) is 0 Å². The van der Waals surface area contributed by atoms with Crippen LogP contribution in [-0.2, 0) is 47.6 Å². The minimum absolute atomic E-state index is 0.222. The first-order valence-electron chi connectivity index (χ1n) is 39.0. The van der Waals surface area contributed by atoms with E-state index in [4.69, 9.17) is 28.4 Å². The van der Waals surface area contributed by atoms with Crippen LogP contribution in [-0.4, -0.2) is 213 Å². The van der Waals surface area contributed by atoms with E-state index in [0.29, 0.717) is 86.1 Å². The number of piperidine rings is 3. The highest BCUT2D eigenvalue weighted by molar-refractivity contribution is 5.80. The quantitative estimate of drug-likeness (QED) is 0.147. The Labute approximate surface area is 549 Å². The number of rotatable bonds is 17. The molecule has 6 atom stereocenters. The van der Waals surface area contributed by atoms with Crippen molar-refractivity contribution >= 4 is 23.5 Å². The highest BCUT2D eigenvalue weighted by Gasteiger charge is 2.46. The fourth-order valence-corrected chi connectivity index (χ4v) is 19.4. The van der Waals surface area contributed by atoms with Gasteiger partial charge < -0.3 is 58.2 Å². The van der Waals surface area contributed by atoms with Crippen molar-refractivity contribution < 1.29 is 47.6 Å². The second-order valence-electron chi connectivity index (χ2n) is 31.9.